The Labute approximate surface area is 407 Å². The van der Waals surface area contributed by atoms with Crippen molar-refractivity contribution in [3.63, 3.8) is 0 Å². The Morgan fingerprint density at radius 2 is 1.77 bits per heavy atom. The largest absolute Gasteiger partial charge is 0.469 e. The molecule has 1 aromatic heterocycles. The number of oxazole rings is 1. The first-order chi connectivity index (χ1) is 32.3. The van der Waals surface area contributed by atoms with E-state index in [1.165, 1.54) is 26.6 Å². The second kappa shape index (κ2) is 26.9. The van der Waals surface area contributed by atoms with Gasteiger partial charge in [-0.3, -0.25) is 9.32 Å². The zero-order valence-corrected chi connectivity index (χ0v) is 43.1. The lowest BCUT2D eigenvalue weighted by Gasteiger charge is -2.50. The average molecular weight is 995 g/mol. The lowest BCUT2D eigenvalue weighted by Crippen LogP contribution is -2.58. The number of methoxy groups -OCH3 is 2. The van der Waals surface area contributed by atoms with Gasteiger partial charge in [-0.25, -0.2) is 9.55 Å². The van der Waals surface area contributed by atoms with Crippen molar-refractivity contribution in [3.8, 4) is 6.07 Å². The highest BCUT2D eigenvalue weighted by atomic mass is 31.2. The van der Waals surface area contributed by atoms with Crippen molar-refractivity contribution in [1.29, 1.82) is 5.26 Å². The van der Waals surface area contributed by atoms with Gasteiger partial charge >= 0.3 is 7.82 Å². The number of phosphoric acid groups is 1. The molecule has 2 aliphatic rings. The second-order valence-corrected chi connectivity index (χ2v) is 20.4. The molecule has 19 nitrogen and oxygen atoms in total. The molecule has 0 radical (unpaired) electrons. The number of carbonyl (C=O) groups excluding carboxylic acids is 1. The van der Waals surface area contributed by atoms with Crippen LogP contribution in [-0.2, 0) is 32.8 Å². The quantitative estimate of drug-likeness (QED) is 0.0354. The van der Waals surface area contributed by atoms with Crippen LogP contribution in [0.3, 0.4) is 0 Å². The van der Waals surface area contributed by atoms with Gasteiger partial charge in [0.05, 0.1) is 49.2 Å². The number of aliphatic hydroxyl groups is 5. The van der Waals surface area contributed by atoms with E-state index in [9.17, 15) is 44.7 Å². The average Bonchev–Trinajstić information content (AvgIpc) is 3.84. The molecular weight excluding hydrogens is 916 g/mol. The number of nitrogens with zero attached hydrogens (tertiary/aromatic N) is 2. The van der Waals surface area contributed by atoms with Gasteiger partial charge in [0.15, 0.2) is 17.8 Å². The van der Waals surface area contributed by atoms with E-state index >= 15 is 0 Å². The smallest absolute Gasteiger partial charge is 0.448 e. The number of phosphoric ester groups is 1. The molecular formula is C49H79N4O15P. The van der Waals surface area contributed by atoms with Gasteiger partial charge in [0, 0.05) is 68.8 Å². The van der Waals surface area contributed by atoms with Gasteiger partial charge in [0.1, 0.15) is 30.3 Å². The first-order valence-corrected chi connectivity index (χ1v) is 25.0. The van der Waals surface area contributed by atoms with Crippen molar-refractivity contribution < 1.29 is 72.6 Å². The summed E-state index contributed by atoms with van der Waals surface area (Å²) in [5.74, 6) is -3.64. The monoisotopic (exact) mass is 995 g/mol. The van der Waals surface area contributed by atoms with E-state index in [0.29, 0.717) is 18.0 Å². The molecule has 15 atom stereocenters. The zero-order chi connectivity index (χ0) is 52.0. The summed E-state index contributed by atoms with van der Waals surface area (Å²) in [7, 11) is -0.735. The van der Waals surface area contributed by atoms with E-state index in [1.807, 2.05) is 78.0 Å². The van der Waals surface area contributed by atoms with Crippen molar-refractivity contribution in [3.05, 3.63) is 71.0 Å². The number of ether oxygens (including phenoxy) is 4. The molecule has 3 rings (SSSR count). The number of likely N-dealkylation sites (N-methyl/N-ethyl adjacent to an activating group) is 1. The molecule has 9 N–H and O–H groups in total. The first-order valence-electron chi connectivity index (χ1n) is 23.5. The molecule has 390 valence electrons. The summed E-state index contributed by atoms with van der Waals surface area (Å²) >= 11 is 0. The number of rotatable bonds is 26. The van der Waals surface area contributed by atoms with Gasteiger partial charge in [0.25, 0.3) is 5.91 Å². The fraction of sp³-hybridized carbons (Fsp3) is 0.694. The summed E-state index contributed by atoms with van der Waals surface area (Å²) in [6, 6.07) is 1.35. The highest BCUT2D eigenvalue weighted by molar-refractivity contribution is 7.46. The third-order valence-corrected chi connectivity index (χ3v) is 14.3. The molecule has 2 fully saturated rings. The Kier molecular flexibility index (Phi) is 23.3. The molecule has 2 unspecified atom stereocenters. The van der Waals surface area contributed by atoms with Crippen molar-refractivity contribution in [2.45, 2.75) is 161 Å². The summed E-state index contributed by atoms with van der Waals surface area (Å²) < 4.78 is 48.1. The van der Waals surface area contributed by atoms with Crippen LogP contribution >= 0.6 is 7.82 Å². The van der Waals surface area contributed by atoms with E-state index in [2.05, 4.69) is 15.6 Å². The predicted molar refractivity (Wildman–Crippen MR) is 258 cm³/mol. The van der Waals surface area contributed by atoms with Gasteiger partial charge in [-0.2, -0.15) is 5.26 Å². The number of nitrogens with one attached hydrogen (secondary N) is 2. The normalized spacial score (nSPS) is 27.7. The van der Waals surface area contributed by atoms with Crippen LogP contribution in [0.2, 0.25) is 0 Å². The summed E-state index contributed by atoms with van der Waals surface area (Å²) in [5, 5.41) is 69.5. The molecule has 2 aliphatic heterocycles. The molecule has 2 saturated heterocycles. The van der Waals surface area contributed by atoms with Crippen molar-refractivity contribution in [2.24, 2.45) is 23.2 Å². The highest BCUT2D eigenvalue weighted by Gasteiger charge is 2.68. The van der Waals surface area contributed by atoms with Crippen LogP contribution in [-0.4, -0.2) is 147 Å². The number of hydrogen-bond donors (Lipinski definition) is 9. The topological polar surface area (TPSA) is 296 Å². The van der Waals surface area contributed by atoms with Crippen molar-refractivity contribution in [1.82, 2.24) is 15.6 Å². The van der Waals surface area contributed by atoms with Crippen molar-refractivity contribution in [2.75, 3.05) is 34.4 Å². The molecule has 0 aromatic carbocycles. The highest BCUT2D eigenvalue weighted by Crippen LogP contribution is 2.59. The van der Waals surface area contributed by atoms with Gasteiger partial charge in [-0.05, 0) is 57.9 Å². The standard InChI is InChI=1S/C49H79N4O15P/c1-28(19-21-50)15-13-16-29(2)31(4)23-32(5)41(56)34(7)37(54)24-40(64-12)44-45(68-69(60,61)62)48(8,9)49(67-44)25-38(55)33(6)39(66-49)18-14-17-35-26-65-47(53-35)30(3)20-22-52-46(59)43(58)42(57)36(51-10)27-63-11/h13-17,19,23,26,30,32-34,36-45,51,54-58H,18,20,22,24-25,27H2,1-12H3,(H,52,59)(H2,60,61,62)/b15-13+,17-14+,28-19-,29-16+,31-23+/t30-,32+,33-,34-,36?,37-,38+,39-,40-,41+,42-,43-,44+,45-,49?/m1/s1. The predicted octanol–water partition coefficient (Wildman–Crippen LogP) is 4.35. The van der Waals surface area contributed by atoms with Crippen LogP contribution in [0, 0.1) is 34.5 Å². The van der Waals surface area contributed by atoms with E-state index < -0.39 is 97.7 Å². The van der Waals surface area contributed by atoms with Gasteiger partial charge in [-0.1, -0.05) is 77.5 Å². The fourth-order valence-electron chi connectivity index (χ4n) is 8.78. The Morgan fingerprint density at radius 1 is 1.09 bits per heavy atom. The van der Waals surface area contributed by atoms with E-state index in [4.69, 9.17) is 33.2 Å². The summed E-state index contributed by atoms with van der Waals surface area (Å²) in [6.45, 7) is 16.6. The minimum atomic E-state index is -5.15. The maximum Gasteiger partial charge on any atom is 0.469 e. The molecule has 1 amide bonds. The van der Waals surface area contributed by atoms with Crippen LogP contribution in [0.1, 0.15) is 105 Å². The Bertz CT molecular complexity index is 2040. The molecule has 0 aliphatic carbocycles. The molecule has 20 heteroatoms. The van der Waals surface area contributed by atoms with Crippen LogP contribution < -0.4 is 10.6 Å². The van der Waals surface area contributed by atoms with E-state index in [0.717, 1.165) is 16.7 Å². The third-order valence-electron chi connectivity index (χ3n) is 13.8. The number of aromatic nitrogens is 1. The number of hydrogen-bond acceptors (Lipinski definition) is 16. The van der Waals surface area contributed by atoms with Crippen LogP contribution in [0.5, 0.6) is 0 Å². The van der Waals surface area contributed by atoms with Crippen LogP contribution in [0.25, 0.3) is 6.08 Å². The zero-order valence-electron chi connectivity index (χ0n) is 42.2. The summed E-state index contributed by atoms with van der Waals surface area (Å²) in [6.07, 6.45) is 4.07. The Hall–Kier alpha value is -3.42. The van der Waals surface area contributed by atoms with Crippen molar-refractivity contribution >= 4 is 19.8 Å². The molecule has 1 spiro atoms. The lowest BCUT2D eigenvalue weighted by atomic mass is 9.72. The van der Waals surface area contributed by atoms with Gasteiger partial charge in [-0.15, -0.1) is 0 Å². The Balaban J connectivity index is 1.74. The van der Waals surface area contributed by atoms with E-state index in [-0.39, 0.29) is 44.2 Å². The second-order valence-electron chi connectivity index (χ2n) is 19.2. The number of amides is 1. The molecule has 0 saturated carbocycles. The summed E-state index contributed by atoms with van der Waals surface area (Å²) in [5.41, 5.74) is 1.87. The molecule has 0 bridgehead atoms. The maximum atomic E-state index is 12.5. The lowest BCUT2D eigenvalue weighted by molar-refractivity contribution is -0.334. The molecule has 69 heavy (non-hydrogen) atoms. The van der Waals surface area contributed by atoms with E-state index in [1.54, 1.807) is 33.9 Å². The van der Waals surface area contributed by atoms with Gasteiger partial charge in [0.2, 0.25) is 0 Å². The third kappa shape index (κ3) is 16.3. The maximum absolute atomic E-state index is 12.5. The first kappa shape index (κ1) is 59.9. The minimum absolute atomic E-state index is 0.0646. The summed E-state index contributed by atoms with van der Waals surface area (Å²) in [4.78, 5) is 37.4. The number of aliphatic hydroxyl groups excluding tert-OH is 5. The van der Waals surface area contributed by atoms with Gasteiger partial charge < -0.3 is 69.3 Å². The Morgan fingerprint density at radius 3 is 2.38 bits per heavy atom. The van der Waals surface area contributed by atoms with Crippen LogP contribution in [0.4, 0.5) is 0 Å². The molecule has 1 aromatic rings. The van der Waals surface area contributed by atoms with Crippen LogP contribution in [0.15, 0.2) is 63.9 Å². The minimum Gasteiger partial charge on any atom is -0.448 e. The fourth-order valence-corrected chi connectivity index (χ4v) is 9.46. The number of allylic oxidation sites excluding steroid dienone is 7. The number of nitriles is 1. The molecule has 3 heterocycles. The number of carbonyl (C=O) groups is 1. The SMILES string of the molecule is CNC(COC)[C@@H](O)[C@@H](O)C(=O)NCC[C@@H](C)c1nc(/C=C/C[C@H]2OC3(C[C@H](O)[C@H]2C)O[C@@H]([C@@H](C[C@@H](O)[C@@H](C)[C@@H](O)[C@@H](C)/C=C(C)/C(C)=C/C=C/C(C)=C\C#N)OC)[C@@H](OP(=O)(O)O)C3(C)C)co1.